The van der Waals surface area contributed by atoms with Crippen LogP contribution >= 0.6 is 0 Å². The number of hydrogen-bond donors (Lipinski definition) is 2. The number of thiocyanates is 1. The Balaban J connectivity index is -0.0000000575. The SMILES string of the molecule is N#C[S-].NCCN.[K+]. The molecule has 42 valence electrons. The largest absolute Gasteiger partial charge is 1.00 e. The fraction of sp³-hybridized carbons (Fsp3) is 0.667. The molecule has 0 heterocycles. The van der Waals surface area contributed by atoms with Crippen molar-refractivity contribution in [3.63, 3.8) is 0 Å². The van der Waals surface area contributed by atoms with Crippen molar-refractivity contribution in [1.29, 1.82) is 5.26 Å². The Kier molecular flexibility index (Phi) is 48.3. The molecule has 0 aromatic carbocycles. The van der Waals surface area contributed by atoms with Gasteiger partial charge in [-0.25, -0.2) is 5.26 Å². The summed E-state index contributed by atoms with van der Waals surface area (Å²) in [6.07, 6.45) is 0. The standard InChI is InChI=1S/C2H8N2.CHNS.K/c3-1-2-4;2-1-3;/h1-4H2;3H;/q;;+1/p-1. The normalized spacial score (nSPS) is 4.62. The maximum absolute atomic E-state index is 7.13. The second kappa shape index (κ2) is 24.0. The third-order valence-corrected chi connectivity index (χ3v) is 0.167. The summed E-state index contributed by atoms with van der Waals surface area (Å²) in [7, 11) is 0. The van der Waals surface area contributed by atoms with E-state index < -0.39 is 0 Å². The van der Waals surface area contributed by atoms with Gasteiger partial charge >= 0.3 is 51.4 Å². The molecule has 0 aromatic rings. The van der Waals surface area contributed by atoms with Crippen LogP contribution in [0.4, 0.5) is 0 Å². The Bertz CT molecular complexity index is 51.0. The Morgan fingerprint density at radius 1 is 1.38 bits per heavy atom. The summed E-state index contributed by atoms with van der Waals surface area (Å²) in [4.78, 5) is 0. The summed E-state index contributed by atoms with van der Waals surface area (Å²) in [6, 6.07) is 0. The first-order chi connectivity index (χ1) is 3.33. The van der Waals surface area contributed by atoms with Gasteiger partial charge in [-0.15, -0.1) is 0 Å². The van der Waals surface area contributed by atoms with Crippen molar-refractivity contribution in [2.24, 2.45) is 11.5 Å². The Morgan fingerprint density at radius 3 is 1.50 bits per heavy atom. The molecule has 0 bridgehead atoms. The van der Waals surface area contributed by atoms with E-state index in [4.69, 9.17) is 16.7 Å². The molecule has 0 amide bonds. The minimum atomic E-state index is 0. The molecule has 0 saturated carbocycles. The molecular formula is C3H8KN3S. The van der Waals surface area contributed by atoms with Gasteiger partial charge in [0, 0.05) is 13.1 Å². The van der Waals surface area contributed by atoms with E-state index in [0.717, 1.165) is 0 Å². The quantitative estimate of drug-likeness (QED) is 0.231. The first-order valence-corrected chi connectivity index (χ1v) is 2.15. The van der Waals surface area contributed by atoms with Crippen molar-refractivity contribution >= 4 is 12.6 Å². The van der Waals surface area contributed by atoms with Crippen LogP contribution in [0.15, 0.2) is 0 Å². The van der Waals surface area contributed by atoms with Gasteiger partial charge in [-0.1, -0.05) is 5.40 Å². The summed E-state index contributed by atoms with van der Waals surface area (Å²) in [5.74, 6) is 0. The number of hydrogen-bond acceptors (Lipinski definition) is 4. The van der Waals surface area contributed by atoms with Gasteiger partial charge in [0.1, 0.15) is 0 Å². The van der Waals surface area contributed by atoms with E-state index in [2.05, 4.69) is 12.6 Å². The molecule has 0 aliphatic rings. The van der Waals surface area contributed by atoms with E-state index in [0.29, 0.717) is 13.1 Å². The van der Waals surface area contributed by atoms with Gasteiger partial charge in [0.25, 0.3) is 0 Å². The zero-order valence-electron chi connectivity index (χ0n) is 4.92. The monoisotopic (exact) mass is 157 g/mol. The van der Waals surface area contributed by atoms with Crippen LogP contribution in [0.2, 0.25) is 0 Å². The average molecular weight is 157 g/mol. The van der Waals surface area contributed by atoms with E-state index in [-0.39, 0.29) is 51.4 Å². The number of nitrogens with zero attached hydrogens (tertiary/aromatic N) is 1. The fourth-order valence-electron chi connectivity index (χ4n) is 0. The number of nitriles is 1. The summed E-state index contributed by atoms with van der Waals surface area (Å²) in [6.45, 7) is 1.19. The van der Waals surface area contributed by atoms with Crippen molar-refractivity contribution in [3.05, 3.63) is 0 Å². The van der Waals surface area contributed by atoms with Crippen molar-refractivity contribution in [2.45, 2.75) is 0 Å². The zero-order chi connectivity index (χ0) is 6.12. The van der Waals surface area contributed by atoms with Crippen LogP contribution in [0, 0.1) is 10.7 Å². The molecule has 0 aliphatic carbocycles. The molecule has 4 N–H and O–H groups in total. The van der Waals surface area contributed by atoms with E-state index in [1.165, 1.54) is 5.40 Å². The Morgan fingerprint density at radius 2 is 1.50 bits per heavy atom. The molecule has 8 heavy (non-hydrogen) atoms. The third kappa shape index (κ3) is 55.6. The number of nitrogens with two attached hydrogens (primary N) is 2. The summed E-state index contributed by atoms with van der Waals surface area (Å²) in [5.41, 5.74) is 9.81. The predicted octanol–water partition coefficient (Wildman–Crippen LogP) is -4.08. The minimum Gasteiger partial charge on any atom is -0.696 e. The van der Waals surface area contributed by atoms with E-state index >= 15 is 0 Å². The maximum atomic E-state index is 7.13. The van der Waals surface area contributed by atoms with Crippen LogP contribution in [-0.2, 0) is 12.6 Å². The number of rotatable bonds is 1. The van der Waals surface area contributed by atoms with Crippen LogP contribution in [0.3, 0.4) is 0 Å². The second-order valence-corrected chi connectivity index (χ2v) is 0.851. The molecule has 0 spiro atoms. The van der Waals surface area contributed by atoms with Crippen molar-refractivity contribution < 1.29 is 51.4 Å². The van der Waals surface area contributed by atoms with Gasteiger partial charge in [0.2, 0.25) is 0 Å². The van der Waals surface area contributed by atoms with Crippen LogP contribution in [0.1, 0.15) is 0 Å². The third-order valence-electron chi connectivity index (χ3n) is 0.167. The molecule has 3 nitrogen and oxygen atoms in total. The zero-order valence-corrected chi connectivity index (χ0v) is 8.86. The molecule has 0 aromatic heterocycles. The average Bonchev–Trinajstić information content (AvgIpc) is 1.69. The first-order valence-electron chi connectivity index (χ1n) is 1.74. The van der Waals surface area contributed by atoms with Gasteiger partial charge in [-0.2, -0.15) is 0 Å². The molecule has 5 heteroatoms. The summed E-state index contributed by atoms with van der Waals surface area (Å²) in [5, 5.41) is 8.47. The van der Waals surface area contributed by atoms with E-state index in [1.54, 1.807) is 0 Å². The molecule has 0 radical (unpaired) electrons. The Hall–Kier alpha value is 1.27. The van der Waals surface area contributed by atoms with Crippen molar-refractivity contribution in [1.82, 2.24) is 0 Å². The molecule has 0 atom stereocenters. The fourth-order valence-corrected chi connectivity index (χ4v) is 0. The van der Waals surface area contributed by atoms with Crippen LogP contribution < -0.4 is 62.9 Å². The smallest absolute Gasteiger partial charge is 0.696 e. The van der Waals surface area contributed by atoms with Crippen LogP contribution in [-0.4, -0.2) is 13.1 Å². The molecular weight excluding hydrogens is 149 g/mol. The van der Waals surface area contributed by atoms with E-state index in [1.807, 2.05) is 0 Å². The van der Waals surface area contributed by atoms with Crippen molar-refractivity contribution in [3.8, 4) is 5.40 Å². The maximum Gasteiger partial charge on any atom is 1.00 e. The minimum absolute atomic E-state index is 0. The van der Waals surface area contributed by atoms with E-state index in [9.17, 15) is 0 Å². The first kappa shape index (κ1) is 16.1. The molecule has 0 saturated heterocycles. The second-order valence-electron chi connectivity index (χ2n) is 0.669. The van der Waals surface area contributed by atoms with Crippen LogP contribution in [0.5, 0.6) is 0 Å². The van der Waals surface area contributed by atoms with Crippen molar-refractivity contribution in [2.75, 3.05) is 13.1 Å². The molecule has 0 unspecified atom stereocenters. The summed E-state index contributed by atoms with van der Waals surface area (Å²) < 4.78 is 0. The van der Waals surface area contributed by atoms with Gasteiger partial charge < -0.3 is 24.1 Å². The van der Waals surface area contributed by atoms with Crippen LogP contribution in [0.25, 0.3) is 0 Å². The van der Waals surface area contributed by atoms with Gasteiger partial charge in [-0.3, -0.25) is 0 Å². The topological polar surface area (TPSA) is 75.8 Å². The van der Waals surface area contributed by atoms with Gasteiger partial charge in [0.15, 0.2) is 0 Å². The molecule has 0 fully saturated rings. The van der Waals surface area contributed by atoms with Gasteiger partial charge in [-0.05, 0) is 0 Å². The molecule has 0 aliphatic heterocycles. The van der Waals surface area contributed by atoms with Gasteiger partial charge in [0.05, 0.1) is 0 Å². The molecule has 0 rings (SSSR count). The predicted molar refractivity (Wildman–Crippen MR) is 31.1 cm³/mol. The Labute approximate surface area is 97.6 Å². The summed E-state index contributed by atoms with van der Waals surface area (Å²) >= 11 is 3.70.